The number of aromatic nitrogens is 4. The van der Waals surface area contributed by atoms with Crippen molar-refractivity contribution in [1.82, 2.24) is 20.2 Å². The monoisotopic (exact) mass is 349 g/mol. The maximum atomic E-state index is 12.0. The van der Waals surface area contributed by atoms with E-state index in [2.05, 4.69) is 20.2 Å². The molecule has 1 atom stereocenters. The lowest BCUT2D eigenvalue weighted by Gasteiger charge is -2.13. The number of rotatable bonds is 6. The topological polar surface area (TPSA) is 89.8 Å². The van der Waals surface area contributed by atoms with E-state index in [1.54, 1.807) is 25.1 Å². The van der Waals surface area contributed by atoms with Gasteiger partial charge in [0.05, 0.1) is 22.2 Å². The first-order valence-electron chi connectivity index (χ1n) is 6.00. The molecule has 10 heteroatoms. The second kappa shape index (κ2) is 6.59. The van der Waals surface area contributed by atoms with Crippen LogP contribution in [0.15, 0.2) is 24.5 Å². The molecule has 1 unspecified atom stereocenters. The Bertz CT molecular complexity index is 705. The molecule has 1 N–H and O–H groups in total. The van der Waals surface area contributed by atoms with E-state index >= 15 is 0 Å². The van der Waals surface area contributed by atoms with E-state index in [9.17, 15) is 8.42 Å². The number of anilines is 1. The average molecular weight is 350 g/mol. The van der Waals surface area contributed by atoms with Crippen LogP contribution in [0, 0.1) is 5.92 Å². The summed E-state index contributed by atoms with van der Waals surface area (Å²) in [4.78, 5) is 0. The molecule has 0 spiro atoms. The third-order valence-electron chi connectivity index (χ3n) is 2.60. The highest BCUT2D eigenvalue weighted by Gasteiger charge is 2.17. The lowest BCUT2D eigenvalue weighted by atomic mass is 10.3. The van der Waals surface area contributed by atoms with E-state index in [0.29, 0.717) is 5.69 Å². The Balaban J connectivity index is 2.26. The molecule has 1 heterocycles. The molecule has 0 fully saturated rings. The van der Waals surface area contributed by atoms with Crippen LogP contribution in [0.5, 0.6) is 0 Å². The van der Waals surface area contributed by atoms with Crippen molar-refractivity contribution < 1.29 is 8.42 Å². The summed E-state index contributed by atoms with van der Waals surface area (Å²) in [5, 5.41) is 11.1. The Morgan fingerprint density at radius 1 is 1.43 bits per heavy atom. The normalized spacial score (nSPS) is 13.1. The van der Waals surface area contributed by atoms with Gasteiger partial charge in [0, 0.05) is 5.88 Å². The summed E-state index contributed by atoms with van der Waals surface area (Å²) in [6.45, 7) is 1.76. The second-order valence-corrected chi connectivity index (χ2v) is 7.04. The third kappa shape index (κ3) is 4.29. The molecule has 0 bridgehead atoms. The van der Waals surface area contributed by atoms with Gasteiger partial charge in [0.2, 0.25) is 10.0 Å². The number of nitrogens with zero attached hydrogens (tertiary/aromatic N) is 4. The standard InChI is InChI=1S/C11H13Cl2N5O2S/c1-8(5-12)6-21(19,20)15-11-4-9(2-3-10(11)13)18-7-14-16-17-18/h2-4,7-8,15H,5-6H2,1H3. The van der Waals surface area contributed by atoms with Crippen LogP contribution >= 0.6 is 23.2 Å². The Morgan fingerprint density at radius 2 is 2.19 bits per heavy atom. The minimum atomic E-state index is -3.53. The van der Waals surface area contributed by atoms with Gasteiger partial charge in [-0.2, -0.15) is 0 Å². The Kier molecular flexibility index (Phi) is 5.02. The molecule has 114 valence electrons. The van der Waals surface area contributed by atoms with E-state index in [1.807, 2.05) is 0 Å². The van der Waals surface area contributed by atoms with Gasteiger partial charge in [0.1, 0.15) is 6.33 Å². The van der Waals surface area contributed by atoms with E-state index in [0.717, 1.165) is 0 Å². The molecular weight excluding hydrogens is 337 g/mol. The van der Waals surface area contributed by atoms with Crippen LogP contribution in [-0.2, 0) is 10.0 Å². The molecule has 0 aliphatic carbocycles. The highest BCUT2D eigenvalue weighted by molar-refractivity contribution is 7.92. The van der Waals surface area contributed by atoms with Gasteiger partial charge in [-0.25, -0.2) is 13.1 Å². The van der Waals surface area contributed by atoms with Gasteiger partial charge in [-0.15, -0.1) is 16.7 Å². The molecule has 0 radical (unpaired) electrons. The number of halogens is 2. The summed E-state index contributed by atoms with van der Waals surface area (Å²) in [6.07, 6.45) is 1.40. The number of hydrogen-bond donors (Lipinski definition) is 1. The molecular formula is C11H13Cl2N5O2S. The fourth-order valence-electron chi connectivity index (χ4n) is 1.64. The number of hydrogen-bond acceptors (Lipinski definition) is 5. The first-order valence-corrected chi connectivity index (χ1v) is 8.57. The largest absolute Gasteiger partial charge is 0.282 e. The van der Waals surface area contributed by atoms with Gasteiger partial charge in [-0.05, 0) is 34.5 Å². The maximum absolute atomic E-state index is 12.0. The predicted octanol–water partition coefficient (Wildman–Crippen LogP) is 1.93. The zero-order chi connectivity index (χ0) is 15.5. The van der Waals surface area contributed by atoms with E-state index < -0.39 is 10.0 Å². The second-order valence-electron chi connectivity index (χ2n) is 4.56. The first kappa shape index (κ1) is 16.0. The van der Waals surface area contributed by atoms with E-state index in [-0.39, 0.29) is 28.3 Å². The minimum absolute atomic E-state index is 0.0814. The van der Waals surface area contributed by atoms with Crippen molar-refractivity contribution in [2.75, 3.05) is 16.4 Å². The van der Waals surface area contributed by atoms with Crippen LogP contribution in [0.3, 0.4) is 0 Å². The summed E-state index contributed by atoms with van der Waals surface area (Å²) < 4.78 is 27.9. The van der Waals surface area contributed by atoms with Crippen LogP contribution in [0.25, 0.3) is 5.69 Å². The van der Waals surface area contributed by atoms with Crippen molar-refractivity contribution in [1.29, 1.82) is 0 Å². The Labute approximate surface area is 132 Å². The maximum Gasteiger partial charge on any atom is 0.233 e. The van der Waals surface area contributed by atoms with Crippen molar-refractivity contribution in [3.63, 3.8) is 0 Å². The lowest BCUT2D eigenvalue weighted by Crippen LogP contribution is -2.22. The molecule has 21 heavy (non-hydrogen) atoms. The predicted molar refractivity (Wildman–Crippen MR) is 81.5 cm³/mol. The number of alkyl halides is 1. The van der Waals surface area contributed by atoms with Crippen LogP contribution in [0.4, 0.5) is 5.69 Å². The molecule has 0 amide bonds. The highest BCUT2D eigenvalue weighted by Crippen LogP contribution is 2.25. The number of nitrogens with one attached hydrogen (secondary N) is 1. The van der Waals surface area contributed by atoms with Gasteiger partial charge >= 0.3 is 0 Å². The van der Waals surface area contributed by atoms with Crippen molar-refractivity contribution in [2.45, 2.75) is 6.92 Å². The molecule has 0 saturated heterocycles. The zero-order valence-electron chi connectivity index (χ0n) is 11.1. The van der Waals surface area contributed by atoms with Crippen LogP contribution in [0.2, 0.25) is 5.02 Å². The van der Waals surface area contributed by atoms with Crippen molar-refractivity contribution >= 4 is 38.9 Å². The SMILES string of the molecule is CC(CCl)CS(=O)(=O)Nc1cc(-n2cnnn2)ccc1Cl. The van der Waals surface area contributed by atoms with E-state index in [1.165, 1.54) is 11.0 Å². The molecule has 0 saturated carbocycles. The molecule has 0 aliphatic heterocycles. The van der Waals surface area contributed by atoms with Gasteiger partial charge in [-0.3, -0.25) is 4.72 Å². The van der Waals surface area contributed by atoms with Gasteiger partial charge in [-0.1, -0.05) is 18.5 Å². The number of tetrazole rings is 1. The Hall–Kier alpha value is -1.38. The van der Waals surface area contributed by atoms with Gasteiger partial charge in [0.15, 0.2) is 0 Å². The molecule has 1 aromatic heterocycles. The summed E-state index contributed by atoms with van der Waals surface area (Å²) in [7, 11) is -3.53. The van der Waals surface area contributed by atoms with Crippen molar-refractivity contribution in [2.24, 2.45) is 5.92 Å². The quantitative estimate of drug-likeness (QED) is 0.804. The van der Waals surface area contributed by atoms with Crippen LogP contribution in [0.1, 0.15) is 6.92 Å². The fourth-order valence-corrected chi connectivity index (χ4v) is 3.56. The molecule has 2 rings (SSSR count). The highest BCUT2D eigenvalue weighted by atomic mass is 35.5. The molecule has 0 aliphatic rings. The van der Waals surface area contributed by atoms with Crippen LogP contribution < -0.4 is 4.72 Å². The van der Waals surface area contributed by atoms with Crippen molar-refractivity contribution in [3.05, 3.63) is 29.5 Å². The molecule has 2 aromatic rings. The minimum Gasteiger partial charge on any atom is -0.282 e. The summed E-state index contributed by atoms with van der Waals surface area (Å²) in [6, 6.07) is 4.81. The first-order chi connectivity index (χ1) is 9.91. The summed E-state index contributed by atoms with van der Waals surface area (Å²) in [5.41, 5.74) is 0.860. The Morgan fingerprint density at radius 3 is 2.81 bits per heavy atom. The smallest absolute Gasteiger partial charge is 0.233 e. The fraction of sp³-hybridized carbons (Fsp3) is 0.364. The van der Waals surface area contributed by atoms with E-state index in [4.69, 9.17) is 23.2 Å². The van der Waals surface area contributed by atoms with Gasteiger partial charge < -0.3 is 0 Å². The van der Waals surface area contributed by atoms with Gasteiger partial charge in [0.25, 0.3) is 0 Å². The number of benzene rings is 1. The summed E-state index contributed by atoms with van der Waals surface area (Å²) in [5.74, 6) is 0.0203. The lowest BCUT2D eigenvalue weighted by molar-refractivity contribution is 0.588. The van der Waals surface area contributed by atoms with Crippen LogP contribution in [-0.4, -0.2) is 40.3 Å². The zero-order valence-corrected chi connectivity index (χ0v) is 13.4. The average Bonchev–Trinajstić information content (AvgIpc) is 2.94. The summed E-state index contributed by atoms with van der Waals surface area (Å²) >= 11 is 11.7. The molecule has 7 nitrogen and oxygen atoms in total. The molecule has 1 aromatic carbocycles. The van der Waals surface area contributed by atoms with Crippen molar-refractivity contribution in [3.8, 4) is 5.69 Å². The third-order valence-corrected chi connectivity index (χ3v) is 4.99. The number of sulfonamides is 1.